The van der Waals surface area contributed by atoms with Crippen LogP contribution in [-0.4, -0.2) is 33.8 Å². The van der Waals surface area contributed by atoms with E-state index in [-0.39, 0.29) is 5.82 Å². The number of aryl methyl sites for hydroxylation is 1. The zero-order valence-corrected chi connectivity index (χ0v) is 17.7. The predicted molar refractivity (Wildman–Crippen MR) is 117 cm³/mol. The number of ether oxygens (including phenoxy) is 2. The first-order valence-electron chi connectivity index (χ1n) is 10.1. The number of nitrogens with one attached hydrogen (secondary N) is 1. The molecule has 8 heteroatoms. The Morgan fingerprint density at radius 1 is 1.03 bits per heavy atom. The Bertz CT molecular complexity index is 1190. The molecule has 0 fully saturated rings. The Labute approximate surface area is 179 Å². The van der Waals surface area contributed by atoms with Gasteiger partial charge in [0.1, 0.15) is 17.3 Å². The molecule has 0 aliphatic carbocycles. The molecular formula is C23H24FN5O2. The Balaban J connectivity index is 1.72. The summed E-state index contributed by atoms with van der Waals surface area (Å²) in [5, 5.41) is 7.95. The molecule has 0 saturated heterocycles. The van der Waals surface area contributed by atoms with Crippen LogP contribution in [0.1, 0.15) is 24.7 Å². The standard InChI is InChI=1S/C23H24FN5O2/c1-4-5-21-27-23-22(25-13-16-8-11-18(30-2)12-20(16)31-3)26-19(14-29(23)28-21)15-6-9-17(24)10-7-15/h6-12,14H,4-5,13H2,1-3H3,(H,25,26). The Hall–Kier alpha value is -3.68. The normalized spacial score (nSPS) is 11.0. The summed E-state index contributed by atoms with van der Waals surface area (Å²) in [6, 6.07) is 11.9. The van der Waals surface area contributed by atoms with Crippen LogP contribution in [0.3, 0.4) is 0 Å². The van der Waals surface area contributed by atoms with Gasteiger partial charge in [0.15, 0.2) is 17.3 Å². The van der Waals surface area contributed by atoms with E-state index in [1.54, 1.807) is 30.9 Å². The Morgan fingerprint density at radius 3 is 2.55 bits per heavy atom. The zero-order valence-electron chi connectivity index (χ0n) is 17.7. The van der Waals surface area contributed by atoms with E-state index in [2.05, 4.69) is 22.3 Å². The second kappa shape index (κ2) is 8.99. The lowest BCUT2D eigenvalue weighted by Crippen LogP contribution is -2.07. The molecule has 0 atom stereocenters. The van der Waals surface area contributed by atoms with Crippen molar-refractivity contribution in [3.05, 3.63) is 65.9 Å². The molecule has 4 aromatic rings. The van der Waals surface area contributed by atoms with E-state index in [4.69, 9.17) is 14.5 Å². The monoisotopic (exact) mass is 421 g/mol. The van der Waals surface area contributed by atoms with Crippen molar-refractivity contribution in [3.8, 4) is 22.8 Å². The van der Waals surface area contributed by atoms with E-state index in [0.29, 0.717) is 29.5 Å². The number of halogens is 1. The number of benzene rings is 2. The fourth-order valence-electron chi connectivity index (χ4n) is 3.32. The lowest BCUT2D eigenvalue weighted by Gasteiger charge is -2.13. The van der Waals surface area contributed by atoms with Crippen molar-refractivity contribution in [1.29, 1.82) is 0 Å². The van der Waals surface area contributed by atoms with Crippen LogP contribution in [0.25, 0.3) is 16.9 Å². The lowest BCUT2D eigenvalue weighted by molar-refractivity contribution is 0.391. The fraction of sp³-hybridized carbons (Fsp3) is 0.261. The summed E-state index contributed by atoms with van der Waals surface area (Å²) in [7, 11) is 3.24. The minimum atomic E-state index is -0.291. The first-order chi connectivity index (χ1) is 15.1. The third-order valence-electron chi connectivity index (χ3n) is 4.92. The van der Waals surface area contributed by atoms with Crippen LogP contribution in [0.2, 0.25) is 0 Å². The first kappa shape index (κ1) is 20.6. The van der Waals surface area contributed by atoms with Crippen LogP contribution in [0.15, 0.2) is 48.7 Å². The molecule has 4 rings (SSSR count). The molecule has 2 aromatic carbocycles. The summed E-state index contributed by atoms with van der Waals surface area (Å²) in [4.78, 5) is 9.41. The number of anilines is 1. The number of aromatic nitrogens is 4. The molecule has 0 amide bonds. The van der Waals surface area contributed by atoms with E-state index in [9.17, 15) is 4.39 Å². The smallest absolute Gasteiger partial charge is 0.198 e. The minimum absolute atomic E-state index is 0.291. The van der Waals surface area contributed by atoms with E-state index >= 15 is 0 Å². The van der Waals surface area contributed by atoms with Crippen molar-refractivity contribution in [2.24, 2.45) is 0 Å². The zero-order chi connectivity index (χ0) is 21.8. The van der Waals surface area contributed by atoms with Gasteiger partial charge in [0, 0.05) is 30.2 Å². The van der Waals surface area contributed by atoms with E-state index in [1.807, 2.05) is 24.4 Å². The second-order valence-corrected chi connectivity index (χ2v) is 7.06. The van der Waals surface area contributed by atoms with Gasteiger partial charge >= 0.3 is 0 Å². The highest BCUT2D eigenvalue weighted by Crippen LogP contribution is 2.27. The van der Waals surface area contributed by atoms with Crippen molar-refractivity contribution in [2.75, 3.05) is 19.5 Å². The van der Waals surface area contributed by atoms with Crippen molar-refractivity contribution >= 4 is 11.5 Å². The topological polar surface area (TPSA) is 73.6 Å². The van der Waals surface area contributed by atoms with Crippen molar-refractivity contribution < 1.29 is 13.9 Å². The molecule has 2 heterocycles. The van der Waals surface area contributed by atoms with Crippen LogP contribution in [-0.2, 0) is 13.0 Å². The van der Waals surface area contributed by atoms with Crippen molar-refractivity contribution in [3.63, 3.8) is 0 Å². The summed E-state index contributed by atoms with van der Waals surface area (Å²) in [5.74, 6) is 2.49. The number of hydrogen-bond donors (Lipinski definition) is 1. The van der Waals surface area contributed by atoms with Crippen molar-refractivity contribution in [1.82, 2.24) is 19.6 Å². The van der Waals surface area contributed by atoms with Gasteiger partial charge in [-0.25, -0.2) is 18.9 Å². The molecule has 1 N–H and O–H groups in total. The molecule has 31 heavy (non-hydrogen) atoms. The van der Waals surface area contributed by atoms with E-state index in [1.165, 1.54) is 12.1 Å². The van der Waals surface area contributed by atoms with E-state index in [0.717, 1.165) is 35.5 Å². The number of fused-ring (bicyclic) bond motifs is 1. The maximum Gasteiger partial charge on any atom is 0.198 e. The van der Waals surface area contributed by atoms with Crippen LogP contribution in [0.5, 0.6) is 11.5 Å². The molecule has 0 unspecified atom stereocenters. The average molecular weight is 421 g/mol. The average Bonchev–Trinajstić information content (AvgIpc) is 3.20. The lowest BCUT2D eigenvalue weighted by atomic mass is 10.1. The van der Waals surface area contributed by atoms with Gasteiger partial charge in [-0.2, -0.15) is 5.10 Å². The largest absolute Gasteiger partial charge is 0.497 e. The molecular weight excluding hydrogens is 397 g/mol. The number of methoxy groups -OCH3 is 2. The Morgan fingerprint density at radius 2 is 1.84 bits per heavy atom. The van der Waals surface area contributed by atoms with Gasteiger partial charge in [-0.15, -0.1) is 0 Å². The van der Waals surface area contributed by atoms with Crippen LogP contribution < -0.4 is 14.8 Å². The highest BCUT2D eigenvalue weighted by atomic mass is 19.1. The highest BCUT2D eigenvalue weighted by molar-refractivity contribution is 5.69. The summed E-state index contributed by atoms with van der Waals surface area (Å²) in [5.41, 5.74) is 3.05. The number of hydrogen-bond acceptors (Lipinski definition) is 6. The molecule has 160 valence electrons. The molecule has 2 aromatic heterocycles. The SMILES string of the molecule is CCCc1nc2c(NCc3ccc(OC)cc3OC)nc(-c3ccc(F)cc3)cn2n1. The molecule has 0 saturated carbocycles. The van der Waals surface area contributed by atoms with Gasteiger partial charge in [0.25, 0.3) is 0 Å². The third-order valence-corrected chi connectivity index (χ3v) is 4.92. The fourth-order valence-corrected chi connectivity index (χ4v) is 3.32. The molecule has 0 bridgehead atoms. The van der Waals surface area contributed by atoms with Gasteiger partial charge in [-0.05, 0) is 42.8 Å². The molecule has 0 spiro atoms. The molecule has 0 radical (unpaired) electrons. The summed E-state index contributed by atoms with van der Waals surface area (Å²) in [6.07, 6.45) is 3.54. The Kier molecular flexibility index (Phi) is 5.97. The molecule has 0 aliphatic rings. The quantitative estimate of drug-likeness (QED) is 0.451. The van der Waals surface area contributed by atoms with Crippen LogP contribution in [0, 0.1) is 5.82 Å². The van der Waals surface area contributed by atoms with Gasteiger partial charge in [-0.3, -0.25) is 0 Å². The van der Waals surface area contributed by atoms with Crippen LogP contribution in [0.4, 0.5) is 10.2 Å². The predicted octanol–water partition coefficient (Wildman–Crippen LogP) is 4.51. The van der Waals surface area contributed by atoms with Crippen LogP contribution >= 0.6 is 0 Å². The third kappa shape index (κ3) is 4.42. The highest BCUT2D eigenvalue weighted by Gasteiger charge is 2.14. The number of rotatable bonds is 8. The van der Waals surface area contributed by atoms with Gasteiger partial charge < -0.3 is 14.8 Å². The van der Waals surface area contributed by atoms with Gasteiger partial charge in [-0.1, -0.05) is 6.92 Å². The second-order valence-electron chi connectivity index (χ2n) is 7.06. The minimum Gasteiger partial charge on any atom is -0.497 e. The van der Waals surface area contributed by atoms with Crippen molar-refractivity contribution in [2.45, 2.75) is 26.3 Å². The summed E-state index contributed by atoms with van der Waals surface area (Å²) >= 11 is 0. The maximum atomic E-state index is 13.4. The molecule has 0 aliphatic heterocycles. The summed E-state index contributed by atoms with van der Waals surface area (Å²) < 4.78 is 25.9. The maximum absolute atomic E-state index is 13.4. The first-order valence-corrected chi connectivity index (χ1v) is 10.1. The van der Waals surface area contributed by atoms with Gasteiger partial charge in [0.2, 0.25) is 0 Å². The molecule has 7 nitrogen and oxygen atoms in total. The number of nitrogens with zero attached hydrogens (tertiary/aromatic N) is 4. The summed E-state index contributed by atoms with van der Waals surface area (Å²) in [6.45, 7) is 2.56. The van der Waals surface area contributed by atoms with E-state index < -0.39 is 0 Å². The van der Waals surface area contributed by atoms with Gasteiger partial charge in [0.05, 0.1) is 26.1 Å².